The average Bonchev–Trinajstić information content (AvgIpc) is 3.28. The van der Waals surface area contributed by atoms with Crippen molar-refractivity contribution in [3.63, 3.8) is 0 Å². The second kappa shape index (κ2) is 8.50. The summed E-state index contributed by atoms with van der Waals surface area (Å²) < 4.78 is 46.1. The molecule has 168 valence electrons. The standard InChI is InChI=1S/C21H21N3O7S/c1-4-32(26,27)13-8-9-16-15(10-13)24(19(25)12-30-16)11-18-22-21(23-31-18)14-6-5-7-17(28-2)20(14)29-3/h5-10H,4,11-12H2,1-3H3. The number of methoxy groups -OCH3 is 2. The Bertz CT molecular complexity index is 1270. The lowest BCUT2D eigenvalue weighted by Crippen LogP contribution is -2.38. The molecule has 4 rings (SSSR count). The Balaban J connectivity index is 1.68. The van der Waals surface area contributed by atoms with Crippen LogP contribution >= 0.6 is 0 Å². The van der Waals surface area contributed by atoms with Gasteiger partial charge in [-0.2, -0.15) is 4.98 Å². The molecule has 0 N–H and O–H groups in total. The SMILES string of the molecule is CCS(=O)(=O)c1ccc2c(c1)N(Cc1nc(-c3cccc(OC)c3OC)no1)C(=O)CO2. The van der Waals surface area contributed by atoms with Crippen LogP contribution in [0.3, 0.4) is 0 Å². The number of ether oxygens (including phenoxy) is 3. The van der Waals surface area contributed by atoms with Gasteiger partial charge in [0, 0.05) is 0 Å². The van der Waals surface area contributed by atoms with Gasteiger partial charge in [0.15, 0.2) is 27.9 Å². The number of carbonyl (C=O) groups excluding carboxylic acids is 1. The Morgan fingerprint density at radius 2 is 1.97 bits per heavy atom. The van der Waals surface area contributed by atoms with Crippen LogP contribution in [-0.2, 0) is 21.2 Å². The second-order valence-corrected chi connectivity index (χ2v) is 9.13. The summed E-state index contributed by atoms with van der Waals surface area (Å²) >= 11 is 0. The first-order chi connectivity index (χ1) is 15.4. The molecule has 0 bridgehead atoms. The highest BCUT2D eigenvalue weighted by molar-refractivity contribution is 7.91. The molecule has 2 aromatic carbocycles. The van der Waals surface area contributed by atoms with Crippen molar-refractivity contribution in [3.05, 3.63) is 42.3 Å². The van der Waals surface area contributed by atoms with Crippen molar-refractivity contribution in [1.82, 2.24) is 10.1 Å². The van der Waals surface area contributed by atoms with Crippen molar-refractivity contribution in [2.24, 2.45) is 0 Å². The van der Waals surface area contributed by atoms with Gasteiger partial charge in [0.2, 0.25) is 11.7 Å². The van der Waals surface area contributed by atoms with Crippen LogP contribution in [-0.4, -0.2) is 51.0 Å². The predicted molar refractivity (Wildman–Crippen MR) is 114 cm³/mol. The maximum atomic E-state index is 12.6. The minimum absolute atomic E-state index is 0.0515. The Labute approximate surface area is 184 Å². The fourth-order valence-electron chi connectivity index (χ4n) is 3.34. The molecule has 0 saturated carbocycles. The lowest BCUT2D eigenvalue weighted by Gasteiger charge is -2.28. The quantitative estimate of drug-likeness (QED) is 0.524. The molecule has 0 aliphatic carbocycles. The third kappa shape index (κ3) is 3.86. The minimum Gasteiger partial charge on any atom is -0.493 e. The Morgan fingerprint density at radius 1 is 1.16 bits per heavy atom. The molecule has 1 amide bonds. The third-order valence-electron chi connectivity index (χ3n) is 5.02. The van der Waals surface area contributed by atoms with E-state index in [9.17, 15) is 13.2 Å². The molecule has 32 heavy (non-hydrogen) atoms. The molecule has 1 aliphatic heterocycles. The van der Waals surface area contributed by atoms with E-state index in [-0.39, 0.29) is 41.4 Å². The van der Waals surface area contributed by atoms with Crippen LogP contribution in [0, 0.1) is 0 Å². The highest BCUT2D eigenvalue weighted by Gasteiger charge is 2.29. The molecule has 0 spiro atoms. The lowest BCUT2D eigenvalue weighted by molar-refractivity contribution is -0.121. The fourth-order valence-corrected chi connectivity index (χ4v) is 4.24. The summed E-state index contributed by atoms with van der Waals surface area (Å²) in [5.41, 5.74) is 0.890. The molecule has 1 aromatic heterocycles. The summed E-state index contributed by atoms with van der Waals surface area (Å²) in [5, 5.41) is 4.00. The highest BCUT2D eigenvalue weighted by Crippen LogP contribution is 2.38. The largest absolute Gasteiger partial charge is 0.493 e. The maximum absolute atomic E-state index is 12.6. The molecule has 1 aliphatic rings. The maximum Gasteiger partial charge on any atom is 0.265 e. The van der Waals surface area contributed by atoms with Gasteiger partial charge in [-0.1, -0.05) is 18.1 Å². The van der Waals surface area contributed by atoms with Gasteiger partial charge in [-0.05, 0) is 30.3 Å². The van der Waals surface area contributed by atoms with Gasteiger partial charge in [-0.15, -0.1) is 0 Å². The molecule has 0 unspecified atom stereocenters. The van der Waals surface area contributed by atoms with E-state index in [2.05, 4.69) is 10.1 Å². The molecule has 11 heteroatoms. The van der Waals surface area contributed by atoms with Crippen molar-refractivity contribution in [3.8, 4) is 28.6 Å². The molecule has 0 fully saturated rings. The molecule has 0 atom stereocenters. The van der Waals surface area contributed by atoms with E-state index in [4.69, 9.17) is 18.7 Å². The van der Waals surface area contributed by atoms with Gasteiger partial charge in [-0.3, -0.25) is 9.69 Å². The zero-order valence-corrected chi connectivity index (χ0v) is 18.5. The lowest BCUT2D eigenvalue weighted by atomic mass is 10.1. The predicted octanol–water partition coefficient (Wildman–Crippen LogP) is 2.47. The molecule has 0 radical (unpaired) electrons. The van der Waals surface area contributed by atoms with Crippen molar-refractivity contribution in [2.45, 2.75) is 18.4 Å². The van der Waals surface area contributed by atoms with E-state index in [0.717, 1.165) is 0 Å². The smallest absolute Gasteiger partial charge is 0.265 e. The first-order valence-electron chi connectivity index (χ1n) is 9.72. The Kier molecular flexibility index (Phi) is 5.74. The topological polar surface area (TPSA) is 121 Å². The molecule has 3 aromatic rings. The van der Waals surface area contributed by atoms with E-state index >= 15 is 0 Å². The number of hydrogen-bond acceptors (Lipinski definition) is 9. The highest BCUT2D eigenvalue weighted by atomic mass is 32.2. The summed E-state index contributed by atoms with van der Waals surface area (Å²) in [7, 11) is -0.429. The second-order valence-electron chi connectivity index (χ2n) is 6.85. The zero-order chi connectivity index (χ0) is 22.9. The first kappa shape index (κ1) is 21.6. The average molecular weight is 459 g/mol. The van der Waals surface area contributed by atoms with Gasteiger partial charge in [0.1, 0.15) is 12.3 Å². The number of nitrogens with zero attached hydrogens (tertiary/aromatic N) is 3. The van der Waals surface area contributed by atoms with Crippen LogP contribution in [0.25, 0.3) is 11.4 Å². The first-order valence-corrected chi connectivity index (χ1v) is 11.4. The summed E-state index contributed by atoms with van der Waals surface area (Å²) in [6, 6.07) is 9.70. The number of fused-ring (bicyclic) bond motifs is 1. The Morgan fingerprint density at radius 3 is 2.69 bits per heavy atom. The Hall–Kier alpha value is -3.60. The van der Waals surface area contributed by atoms with Gasteiger partial charge < -0.3 is 18.7 Å². The van der Waals surface area contributed by atoms with Crippen LogP contribution in [0.1, 0.15) is 12.8 Å². The van der Waals surface area contributed by atoms with Crippen LogP contribution in [0.2, 0.25) is 0 Å². The van der Waals surface area contributed by atoms with E-state index in [1.807, 2.05) is 0 Å². The van der Waals surface area contributed by atoms with Gasteiger partial charge in [0.25, 0.3) is 5.91 Å². The molecule has 0 saturated heterocycles. The van der Waals surface area contributed by atoms with E-state index < -0.39 is 9.84 Å². The number of sulfone groups is 1. The number of benzene rings is 2. The van der Waals surface area contributed by atoms with E-state index in [1.54, 1.807) is 25.1 Å². The minimum atomic E-state index is -3.46. The van der Waals surface area contributed by atoms with Crippen LogP contribution in [0.5, 0.6) is 17.2 Å². The van der Waals surface area contributed by atoms with Gasteiger partial charge >= 0.3 is 0 Å². The number of rotatable bonds is 7. The number of amides is 1. The summed E-state index contributed by atoms with van der Waals surface area (Å²) in [6.07, 6.45) is 0. The van der Waals surface area contributed by atoms with E-state index in [1.165, 1.54) is 37.3 Å². The van der Waals surface area contributed by atoms with Crippen molar-refractivity contribution in [1.29, 1.82) is 0 Å². The normalized spacial score (nSPS) is 13.5. The summed E-state index contributed by atoms with van der Waals surface area (Å²) in [5.74, 6) is 1.36. The van der Waals surface area contributed by atoms with E-state index in [0.29, 0.717) is 28.5 Å². The molecule has 2 heterocycles. The molecule has 10 nitrogen and oxygen atoms in total. The van der Waals surface area contributed by atoms with Crippen molar-refractivity contribution < 1.29 is 31.9 Å². The van der Waals surface area contributed by atoms with Gasteiger partial charge in [-0.25, -0.2) is 8.42 Å². The fraction of sp³-hybridized carbons (Fsp3) is 0.286. The number of hydrogen-bond donors (Lipinski definition) is 0. The zero-order valence-electron chi connectivity index (χ0n) is 17.7. The number of para-hydroxylation sites is 1. The van der Waals surface area contributed by atoms with Crippen LogP contribution < -0.4 is 19.1 Å². The number of aromatic nitrogens is 2. The van der Waals surface area contributed by atoms with Crippen LogP contribution in [0.15, 0.2) is 45.8 Å². The van der Waals surface area contributed by atoms with Crippen molar-refractivity contribution in [2.75, 3.05) is 31.5 Å². The van der Waals surface area contributed by atoms with Crippen molar-refractivity contribution >= 4 is 21.4 Å². The third-order valence-corrected chi connectivity index (χ3v) is 6.75. The van der Waals surface area contributed by atoms with Gasteiger partial charge in [0.05, 0.1) is 36.1 Å². The summed E-state index contributed by atoms with van der Waals surface area (Å²) in [4.78, 5) is 18.4. The monoisotopic (exact) mass is 459 g/mol. The molecular formula is C21H21N3O7S. The number of anilines is 1. The number of carbonyl (C=O) groups is 1. The molecular weight excluding hydrogens is 438 g/mol. The van der Waals surface area contributed by atoms with Crippen LogP contribution in [0.4, 0.5) is 5.69 Å². The summed E-state index contributed by atoms with van der Waals surface area (Å²) in [6.45, 7) is 1.32.